The molecule has 8 heteroatoms. The Bertz CT molecular complexity index is 1040. The maximum absolute atomic E-state index is 13.1. The molecule has 2 aromatic heterocycles. The van der Waals surface area contributed by atoms with Crippen LogP contribution in [0.1, 0.15) is 43.8 Å². The van der Waals surface area contributed by atoms with Gasteiger partial charge in [-0.1, -0.05) is 18.2 Å². The molecule has 1 fully saturated rings. The van der Waals surface area contributed by atoms with Crippen LogP contribution < -0.4 is 5.56 Å². The van der Waals surface area contributed by atoms with Crippen molar-refractivity contribution in [3.8, 4) is 0 Å². The van der Waals surface area contributed by atoms with Crippen molar-refractivity contribution in [3.63, 3.8) is 0 Å². The summed E-state index contributed by atoms with van der Waals surface area (Å²) in [5.41, 5.74) is 2.15. The molecule has 28 heavy (non-hydrogen) atoms. The number of aromatic amines is 1. The highest BCUT2D eigenvalue weighted by Crippen LogP contribution is 2.30. The summed E-state index contributed by atoms with van der Waals surface area (Å²) in [6.07, 6.45) is 0. The van der Waals surface area contributed by atoms with E-state index in [1.165, 1.54) is 0 Å². The van der Waals surface area contributed by atoms with Gasteiger partial charge in [-0.05, 0) is 55.1 Å². The minimum absolute atomic E-state index is 0.109. The maximum Gasteiger partial charge on any atom is 0.253 e. The number of aromatic nitrogens is 5. The lowest BCUT2D eigenvalue weighted by Gasteiger charge is -2.34. The Hall–Kier alpha value is -2.58. The molecule has 1 unspecified atom stereocenters. The SMILES string of the molecule is Cc1cccc2cc(C(c3nnnn3C(C)(C)C)N3CCOCC3)c(=O)[nH]c12. The number of nitrogens with one attached hydrogen (secondary N) is 1. The molecule has 1 aliphatic heterocycles. The quantitative estimate of drug-likeness (QED) is 0.745. The number of fused-ring (bicyclic) bond motifs is 1. The van der Waals surface area contributed by atoms with Crippen molar-refractivity contribution >= 4 is 10.9 Å². The molecule has 0 spiro atoms. The lowest BCUT2D eigenvalue weighted by atomic mass is 10.0. The molecule has 1 saturated heterocycles. The molecule has 3 heterocycles. The molecule has 1 aromatic carbocycles. The highest BCUT2D eigenvalue weighted by Gasteiger charge is 2.34. The summed E-state index contributed by atoms with van der Waals surface area (Å²) in [5, 5.41) is 13.5. The second kappa shape index (κ2) is 7.10. The fraction of sp³-hybridized carbons (Fsp3) is 0.500. The van der Waals surface area contributed by atoms with Crippen LogP contribution >= 0.6 is 0 Å². The van der Waals surface area contributed by atoms with E-state index < -0.39 is 0 Å². The number of tetrazole rings is 1. The standard InChI is InChI=1S/C20H26N6O2/c1-13-6-5-7-14-12-15(19(27)21-16(13)14)17(25-8-10-28-11-9-25)18-22-23-24-26(18)20(2,3)4/h5-7,12,17H,8-11H2,1-4H3,(H,21,27). The van der Waals surface area contributed by atoms with E-state index in [1.54, 1.807) is 0 Å². The van der Waals surface area contributed by atoms with Gasteiger partial charge in [-0.3, -0.25) is 9.69 Å². The number of H-pyrrole nitrogens is 1. The summed E-state index contributed by atoms with van der Waals surface area (Å²) in [6.45, 7) is 10.8. The summed E-state index contributed by atoms with van der Waals surface area (Å²) in [6, 6.07) is 7.65. The first kappa shape index (κ1) is 18.8. The average molecular weight is 382 g/mol. The molecular weight excluding hydrogens is 356 g/mol. The van der Waals surface area contributed by atoms with Crippen molar-refractivity contribution in [2.45, 2.75) is 39.3 Å². The van der Waals surface area contributed by atoms with E-state index >= 15 is 0 Å². The Morgan fingerprint density at radius 3 is 2.68 bits per heavy atom. The zero-order valence-corrected chi connectivity index (χ0v) is 16.8. The zero-order chi connectivity index (χ0) is 19.9. The number of nitrogens with zero attached hydrogens (tertiary/aromatic N) is 5. The Morgan fingerprint density at radius 2 is 1.96 bits per heavy atom. The van der Waals surface area contributed by atoms with Gasteiger partial charge >= 0.3 is 0 Å². The first-order chi connectivity index (χ1) is 13.4. The second-order valence-electron chi connectivity index (χ2n) is 8.26. The maximum atomic E-state index is 13.1. The highest BCUT2D eigenvalue weighted by molar-refractivity contribution is 5.82. The third kappa shape index (κ3) is 3.33. The number of rotatable bonds is 3. The Balaban J connectivity index is 1.92. The van der Waals surface area contributed by atoms with E-state index in [0.29, 0.717) is 37.7 Å². The minimum Gasteiger partial charge on any atom is -0.379 e. The Labute approximate surface area is 163 Å². The number of para-hydroxylation sites is 1. The van der Waals surface area contributed by atoms with E-state index in [0.717, 1.165) is 16.5 Å². The van der Waals surface area contributed by atoms with Crippen LogP contribution in [0.4, 0.5) is 0 Å². The van der Waals surface area contributed by atoms with Crippen LogP contribution in [0.15, 0.2) is 29.1 Å². The van der Waals surface area contributed by atoms with E-state index in [9.17, 15) is 4.79 Å². The van der Waals surface area contributed by atoms with Gasteiger partial charge in [-0.2, -0.15) is 0 Å². The fourth-order valence-corrected chi connectivity index (χ4v) is 3.78. The topological polar surface area (TPSA) is 88.9 Å². The first-order valence-electron chi connectivity index (χ1n) is 9.59. The number of ether oxygens (including phenoxy) is 1. The lowest BCUT2D eigenvalue weighted by molar-refractivity contribution is 0.0206. The van der Waals surface area contributed by atoms with Crippen molar-refractivity contribution in [1.29, 1.82) is 0 Å². The van der Waals surface area contributed by atoms with Gasteiger partial charge in [0.25, 0.3) is 5.56 Å². The average Bonchev–Trinajstić information content (AvgIpc) is 3.14. The summed E-state index contributed by atoms with van der Waals surface area (Å²) >= 11 is 0. The second-order valence-corrected chi connectivity index (χ2v) is 8.26. The number of aryl methyl sites for hydroxylation is 1. The third-order valence-corrected chi connectivity index (χ3v) is 5.20. The van der Waals surface area contributed by atoms with Gasteiger partial charge in [-0.25, -0.2) is 4.68 Å². The molecule has 1 atom stereocenters. The number of benzene rings is 1. The van der Waals surface area contributed by atoms with Crippen LogP contribution in [0.3, 0.4) is 0 Å². The molecule has 0 amide bonds. The van der Waals surface area contributed by atoms with Crippen LogP contribution in [0, 0.1) is 6.92 Å². The van der Waals surface area contributed by atoms with Crippen molar-refractivity contribution in [2.75, 3.05) is 26.3 Å². The molecule has 4 rings (SSSR count). The van der Waals surface area contributed by atoms with Crippen LogP contribution in [-0.2, 0) is 10.3 Å². The Morgan fingerprint density at radius 1 is 1.21 bits per heavy atom. The summed E-state index contributed by atoms with van der Waals surface area (Å²) in [7, 11) is 0. The third-order valence-electron chi connectivity index (χ3n) is 5.20. The van der Waals surface area contributed by atoms with Gasteiger partial charge in [0.1, 0.15) is 6.04 Å². The van der Waals surface area contributed by atoms with Gasteiger partial charge < -0.3 is 9.72 Å². The number of morpholine rings is 1. The normalized spacial score (nSPS) is 17.1. The molecule has 0 aliphatic carbocycles. The molecule has 148 valence electrons. The van der Waals surface area contributed by atoms with Crippen molar-refractivity contribution < 1.29 is 4.74 Å². The largest absolute Gasteiger partial charge is 0.379 e. The summed E-state index contributed by atoms with van der Waals surface area (Å²) < 4.78 is 7.34. The molecule has 1 N–H and O–H groups in total. The molecule has 0 bridgehead atoms. The van der Waals surface area contributed by atoms with Gasteiger partial charge in [-0.15, -0.1) is 5.10 Å². The monoisotopic (exact) mass is 382 g/mol. The van der Waals surface area contributed by atoms with Gasteiger partial charge in [0.15, 0.2) is 5.82 Å². The van der Waals surface area contributed by atoms with Gasteiger partial charge in [0, 0.05) is 18.7 Å². The van der Waals surface area contributed by atoms with Crippen LogP contribution in [0.5, 0.6) is 0 Å². The van der Waals surface area contributed by atoms with E-state index in [1.807, 2.05) is 35.9 Å². The smallest absolute Gasteiger partial charge is 0.253 e. The van der Waals surface area contributed by atoms with Crippen LogP contribution in [0.2, 0.25) is 0 Å². The molecule has 0 radical (unpaired) electrons. The number of pyridine rings is 1. The van der Waals surface area contributed by atoms with Gasteiger partial charge in [0.05, 0.1) is 24.3 Å². The summed E-state index contributed by atoms with van der Waals surface area (Å²) in [4.78, 5) is 18.4. The zero-order valence-electron chi connectivity index (χ0n) is 16.8. The number of hydrogen-bond acceptors (Lipinski definition) is 6. The van der Waals surface area contributed by atoms with E-state index in [4.69, 9.17) is 4.74 Å². The van der Waals surface area contributed by atoms with Crippen LogP contribution in [-0.4, -0.2) is 56.4 Å². The molecule has 1 aliphatic rings. The molecule has 3 aromatic rings. The molecule has 8 nitrogen and oxygen atoms in total. The van der Waals surface area contributed by atoms with Crippen molar-refractivity contribution in [1.82, 2.24) is 30.1 Å². The van der Waals surface area contributed by atoms with Crippen molar-refractivity contribution in [3.05, 3.63) is 51.6 Å². The summed E-state index contributed by atoms with van der Waals surface area (Å²) in [5.74, 6) is 0.673. The van der Waals surface area contributed by atoms with Crippen molar-refractivity contribution in [2.24, 2.45) is 0 Å². The predicted octanol–water partition coefficient (Wildman–Crippen LogP) is 2.00. The Kier molecular flexibility index (Phi) is 4.76. The first-order valence-corrected chi connectivity index (χ1v) is 9.59. The lowest BCUT2D eigenvalue weighted by Crippen LogP contribution is -2.43. The van der Waals surface area contributed by atoms with Gasteiger partial charge in [0.2, 0.25) is 0 Å². The minimum atomic E-state index is -0.341. The fourth-order valence-electron chi connectivity index (χ4n) is 3.78. The van der Waals surface area contributed by atoms with Crippen LogP contribution in [0.25, 0.3) is 10.9 Å². The van der Waals surface area contributed by atoms with E-state index in [2.05, 4.69) is 46.2 Å². The highest BCUT2D eigenvalue weighted by atomic mass is 16.5. The number of hydrogen-bond donors (Lipinski definition) is 1. The van der Waals surface area contributed by atoms with E-state index in [-0.39, 0.29) is 17.1 Å². The predicted molar refractivity (Wildman–Crippen MR) is 106 cm³/mol. The molecular formula is C20H26N6O2. The molecule has 0 saturated carbocycles.